The molecule has 0 spiro atoms. The minimum absolute atomic E-state index is 0. The lowest BCUT2D eigenvalue weighted by Crippen LogP contribution is -2.30. The van der Waals surface area contributed by atoms with Crippen LogP contribution in [-0.4, -0.2) is 38.5 Å². The van der Waals surface area contributed by atoms with E-state index in [4.69, 9.17) is 0 Å². The molecule has 0 aliphatic heterocycles. The number of anilines is 1. The molecule has 0 unspecified atom stereocenters. The van der Waals surface area contributed by atoms with E-state index in [1.165, 1.54) is 16.8 Å². The Bertz CT molecular complexity index is 610. The van der Waals surface area contributed by atoms with Crippen LogP contribution >= 0.6 is 12.4 Å². The van der Waals surface area contributed by atoms with Crippen LogP contribution in [-0.2, 0) is 7.05 Å². The van der Waals surface area contributed by atoms with Crippen molar-refractivity contribution >= 4 is 29.9 Å². The van der Waals surface area contributed by atoms with Crippen molar-refractivity contribution in [2.45, 2.75) is 0 Å². The van der Waals surface area contributed by atoms with Gasteiger partial charge in [0.15, 0.2) is 5.95 Å². The van der Waals surface area contributed by atoms with Crippen LogP contribution in [0.5, 0.6) is 0 Å². The number of hydrogen-bond donors (Lipinski definition) is 3. The molecule has 0 aromatic carbocycles. The van der Waals surface area contributed by atoms with E-state index in [0.29, 0.717) is 19.0 Å². The molecular formula is C11H15ClN6O3. The van der Waals surface area contributed by atoms with Crippen molar-refractivity contribution in [1.82, 2.24) is 19.9 Å². The first-order chi connectivity index (χ1) is 9.58. The molecule has 1 amide bonds. The zero-order valence-electron chi connectivity index (χ0n) is 11.2. The minimum atomic E-state index is -0.532. The van der Waals surface area contributed by atoms with Gasteiger partial charge in [-0.15, -0.1) is 12.4 Å². The molecule has 0 radical (unpaired) electrons. The lowest BCUT2D eigenvalue weighted by Gasteiger charge is -2.06. The summed E-state index contributed by atoms with van der Waals surface area (Å²) in [5.41, 5.74) is 0.140. The van der Waals surface area contributed by atoms with E-state index in [0.717, 1.165) is 0 Å². The number of amides is 1. The number of nitro groups is 1. The van der Waals surface area contributed by atoms with Gasteiger partial charge in [0.05, 0.1) is 11.1 Å². The normalized spacial score (nSPS) is 9.76. The molecule has 0 fully saturated rings. The first kappa shape index (κ1) is 16.5. The van der Waals surface area contributed by atoms with Crippen LogP contribution < -0.4 is 10.6 Å². The lowest BCUT2D eigenvalue weighted by molar-refractivity contribution is -0.384. The molecule has 114 valence electrons. The molecule has 0 aliphatic carbocycles. The second kappa shape index (κ2) is 7.29. The van der Waals surface area contributed by atoms with Crippen LogP contribution in [0, 0.1) is 10.1 Å². The van der Waals surface area contributed by atoms with E-state index in [1.54, 1.807) is 19.4 Å². The second-order valence-corrected chi connectivity index (χ2v) is 4.07. The summed E-state index contributed by atoms with van der Waals surface area (Å²) < 4.78 is 1.42. The van der Waals surface area contributed by atoms with E-state index in [1.807, 2.05) is 0 Å². The Morgan fingerprint density at radius 1 is 1.52 bits per heavy atom. The van der Waals surface area contributed by atoms with E-state index in [9.17, 15) is 14.9 Å². The highest BCUT2D eigenvalue weighted by Gasteiger charge is 2.16. The number of aromatic amines is 1. The Balaban J connectivity index is 0.00000220. The molecule has 3 N–H and O–H groups in total. The summed E-state index contributed by atoms with van der Waals surface area (Å²) in [6.07, 6.45) is 4.60. The second-order valence-electron chi connectivity index (χ2n) is 4.07. The van der Waals surface area contributed by atoms with Gasteiger partial charge < -0.3 is 20.2 Å². The molecule has 0 saturated heterocycles. The summed E-state index contributed by atoms with van der Waals surface area (Å²) in [6, 6.07) is 1.25. The number of carbonyl (C=O) groups excluding carboxylic acids is 1. The van der Waals surface area contributed by atoms with Crippen molar-refractivity contribution in [2.24, 2.45) is 7.05 Å². The summed E-state index contributed by atoms with van der Waals surface area (Å²) in [5.74, 6) is 0.260. The number of aryl methyl sites for hydroxylation is 1. The van der Waals surface area contributed by atoms with Gasteiger partial charge in [0, 0.05) is 38.6 Å². The molecule has 9 nitrogen and oxygen atoms in total. The Morgan fingerprint density at radius 2 is 2.29 bits per heavy atom. The molecule has 2 aromatic heterocycles. The van der Waals surface area contributed by atoms with Crippen LogP contribution in [0.4, 0.5) is 11.6 Å². The molecule has 0 atom stereocenters. The van der Waals surface area contributed by atoms with Crippen molar-refractivity contribution in [3.8, 4) is 0 Å². The van der Waals surface area contributed by atoms with Gasteiger partial charge in [0.25, 0.3) is 11.6 Å². The minimum Gasteiger partial charge on any atom is -0.354 e. The predicted molar refractivity (Wildman–Crippen MR) is 78.7 cm³/mol. The number of H-pyrrole nitrogens is 1. The maximum Gasteiger partial charge on any atom is 0.287 e. The fraction of sp³-hybridized carbons (Fsp3) is 0.273. The maximum absolute atomic E-state index is 11.9. The first-order valence-corrected chi connectivity index (χ1v) is 5.90. The Hall–Kier alpha value is -2.55. The number of rotatable bonds is 6. The molecule has 10 heteroatoms. The van der Waals surface area contributed by atoms with Crippen molar-refractivity contribution in [1.29, 1.82) is 0 Å². The largest absolute Gasteiger partial charge is 0.354 e. The number of nitrogens with zero attached hydrogens (tertiary/aromatic N) is 3. The van der Waals surface area contributed by atoms with E-state index in [-0.39, 0.29) is 29.7 Å². The van der Waals surface area contributed by atoms with Crippen LogP contribution in [0.15, 0.2) is 24.7 Å². The summed E-state index contributed by atoms with van der Waals surface area (Å²) in [4.78, 5) is 28.8. The molecular weight excluding hydrogens is 300 g/mol. The van der Waals surface area contributed by atoms with Crippen LogP contribution in [0.25, 0.3) is 0 Å². The third-order valence-electron chi connectivity index (χ3n) is 2.64. The average Bonchev–Trinajstić information content (AvgIpc) is 3.03. The summed E-state index contributed by atoms with van der Waals surface area (Å²) in [6.45, 7) is 0.865. The number of halogens is 1. The van der Waals surface area contributed by atoms with Crippen molar-refractivity contribution in [3.63, 3.8) is 0 Å². The van der Waals surface area contributed by atoms with Gasteiger partial charge >= 0.3 is 0 Å². The summed E-state index contributed by atoms with van der Waals surface area (Å²) in [5, 5.41) is 16.3. The van der Waals surface area contributed by atoms with Crippen LogP contribution in [0.1, 0.15) is 10.5 Å². The van der Waals surface area contributed by atoms with Gasteiger partial charge in [0.1, 0.15) is 5.69 Å². The highest BCUT2D eigenvalue weighted by atomic mass is 35.5. The van der Waals surface area contributed by atoms with Gasteiger partial charge in [-0.05, 0) is 0 Å². The zero-order valence-corrected chi connectivity index (χ0v) is 12.0. The van der Waals surface area contributed by atoms with Gasteiger partial charge in [0.2, 0.25) is 0 Å². The van der Waals surface area contributed by atoms with Gasteiger partial charge in [-0.2, -0.15) is 0 Å². The van der Waals surface area contributed by atoms with Crippen LogP contribution in [0.2, 0.25) is 0 Å². The van der Waals surface area contributed by atoms with Crippen molar-refractivity contribution < 1.29 is 9.72 Å². The topological polar surface area (TPSA) is 118 Å². The zero-order chi connectivity index (χ0) is 14.5. The maximum atomic E-state index is 11.9. The quantitative estimate of drug-likeness (QED) is 0.416. The molecule has 0 bridgehead atoms. The number of aromatic nitrogens is 3. The fourth-order valence-corrected chi connectivity index (χ4v) is 1.68. The number of carbonyl (C=O) groups is 1. The number of imidazole rings is 1. The van der Waals surface area contributed by atoms with Crippen molar-refractivity contribution in [2.75, 3.05) is 18.4 Å². The van der Waals surface area contributed by atoms with E-state index < -0.39 is 4.92 Å². The molecule has 2 aromatic rings. The average molecular weight is 315 g/mol. The smallest absolute Gasteiger partial charge is 0.287 e. The standard InChI is InChI=1S/C11H14N6O3.ClH/c1-16-7-8(17(19)20)6-9(16)10(18)12-2-3-13-11-14-4-5-15-11;/h4-7H,2-3H2,1H3,(H,12,18)(H2,13,14,15);1H. The summed E-state index contributed by atoms with van der Waals surface area (Å²) in [7, 11) is 1.59. The molecule has 2 rings (SSSR count). The highest BCUT2D eigenvalue weighted by Crippen LogP contribution is 2.14. The van der Waals surface area contributed by atoms with Crippen LogP contribution in [0.3, 0.4) is 0 Å². The third-order valence-corrected chi connectivity index (χ3v) is 2.64. The predicted octanol–water partition coefficient (Wildman–Crippen LogP) is 0.920. The molecule has 2 heterocycles. The van der Waals surface area contributed by atoms with Crippen molar-refractivity contribution in [3.05, 3.63) is 40.5 Å². The van der Waals surface area contributed by atoms with Gasteiger partial charge in [-0.3, -0.25) is 14.9 Å². The van der Waals surface area contributed by atoms with Gasteiger partial charge in [-0.25, -0.2) is 4.98 Å². The number of hydrogen-bond acceptors (Lipinski definition) is 5. The number of nitrogens with one attached hydrogen (secondary N) is 3. The SMILES string of the molecule is Cl.Cn1cc([N+](=O)[O-])cc1C(=O)NCCNc1ncc[nH]1. The highest BCUT2D eigenvalue weighted by molar-refractivity contribution is 5.93. The molecule has 21 heavy (non-hydrogen) atoms. The Kier molecular flexibility index (Phi) is 5.73. The van der Waals surface area contributed by atoms with E-state index in [2.05, 4.69) is 20.6 Å². The van der Waals surface area contributed by atoms with E-state index >= 15 is 0 Å². The molecule has 0 saturated carbocycles. The Morgan fingerprint density at radius 3 is 2.86 bits per heavy atom. The fourth-order valence-electron chi connectivity index (χ4n) is 1.68. The Labute approximate surface area is 126 Å². The molecule has 0 aliphatic rings. The summed E-state index contributed by atoms with van der Waals surface area (Å²) >= 11 is 0. The van der Waals surface area contributed by atoms with Gasteiger partial charge in [-0.1, -0.05) is 0 Å². The lowest BCUT2D eigenvalue weighted by atomic mass is 10.4. The third kappa shape index (κ3) is 4.21. The first-order valence-electron chi connectivity index (χ1n) is 5.90. The monoisotopic (exact) mass is 314 g/mol.